The van der Waals surface area contributed by atoms with Crippen LogP contribution < -0.4 is 4.72 Å². The van der Waals surface area contributed by atoms with E-state index >= 15 is 0 Å². The van der Waals surface area contributed by atoms with Crippen molar-refractivity contribution in [3.05, 3.63) is 46.6 Å². The van der Waals surface area contributed by atoms with Crippen molar-refractivity contribution in [2.24, 2.45) is 17.8 Å². The highest BCUT2D eigenvalue weighted by Gasteiger charge is 2.52. The van der Waals surface area contributed by atoms with Gasteiger partial charge < -0.3 is 0 Å². The first-order valence-electron chi connectivity index (χ1n) is 9.66. The number of nitrogens with zero attached hydrogens (tertiary/aromatic N) is 3. The van der Waals surface area contributed by atoms with Crippen LogP contribution in [0.25, 0.3) is 0 Å². The fourth-order valence-electron chi connectivity index (χ4n) is 5.95. The van der Waals surface area contributed by atoms with Gasteiger partial charge in [-0.2, -0.15) is 5.10 Å². The molecule has 0 amide bonds. The second kappa shape index (κ2) is 6.04. The van der Waals surface area contributed by atoms with Crippen LogP contribution in [0, 0.1) is 27.9 Å². The number of hydrogen-bond donors (Lipinski definition) is 1. The van der Waals surface area contributed by atoms with E-state index in [0.717, 1.165) is 43.1 Å². The third kappa shape index (κ3) is 2.88. The Morgan fingerprint density at radius 2 is 1.75 bits per heavy atom. The molecule has 0 unspecified atom stereocenters. The first kappa shape index (κ1) is 17.7. The molecule has 2 aromatic rings. The summed E-state index contributed by atoms with van der Waals surface area (Å²) in [5.41, 5.74) is -0.244. The second-order valence-electron chi connectivity index (χ2n) is 8.65. The van der Waals surface area contributed by atoms with Gasteiger partial charge in [0.2, 0.25) is 0 Å². The molecule has 0 atom stereocenters. The normalized spacial score (nSPS) is 31.1. The van der Waals surface area contributed by atoms with Crippen LogP contribution in [0.3, 0.4) is 0 Å². The molecule has 4 aliphatic rings. The summed E-state index contributed by atoms with van der Waals surface area (Å²) in [5, 5.41) is 15.5. The molecule has 4 aliphatic carbocycles. The lowest BCUT2D eigenvalue weighted by Gasteiger charge is -2.56. The summed E-state index contributed by atoms with van der Waals surface area (Å²) in [7, 11) is -3.94. The molecule has 6 rings (SSSR count). The van der Waals surface area contributed by atoms with Gasteiger partial charge in [-0.15, -0.1) is 0 Å². The number of nitro benzene ring substituents is 1. The fourth-order valence-corrected chi connectivity index (χ4v) is 6.98. The Morgan fingerprint density at radius 3 is 2.36 bits per heavy atom. The van der Waals surface area contributed by atoms with Crippen LogP contribution >= 0.6 is 0 Å². The van der Waals surface area contributed by atoms with Crippen molar-refractivity contribution in [3.63, 3.8) is 0 Å². The Morgan fingerprint density at radius 1 is 1.11 bits per heavy atom. The second-order valence-corrected chi connectivity index (χ2v) is 10.3. The summed E-state index contributed by atoms with van der Waals surface area (Å²) in [6, 6.07) is 6.69. The zero-order chi connectivity index (χ0) is 19.5. The number of nitrogens with one attached hydrogen (secondary N) is 1. The Hall–Kier alpha value is -2.42. The van der Waals surface area contributed by atoms with Crippen LogP contribution in [0.15, 0.2) is 41.4 Å². The highest BCUT2D eigenvalue weighted by Crippen LogP contribution is 2.58. The highest BCUT2D eigenvalue weighted by molar-refractivity contribution is 7.92. The van der Waals surface area contributed by atoms with E-state index in [1.807, 2.05) is 10.9 Å². The van der Waals surface area contributed by atoms with E-state index in [2.05, 4.69) is 9.82 Å². The van der Waals surface area contributed by atoms with E-state index in [4.69, 9.17) is 0 Å². The van der Waals surface area contributed by atoms with Gasteiger partial charge >= 0.3 is 0 Å². The quantitative estimate of drug-likeness (QED) is 0.608. The maximum atomic E-state index is 12.7. The summed E-state index contributed by atoms with van der Waals surface area (Å²) in [6.45, 7) is 0. The monoisotopic (exact) mass is 402 g/mol. The zero-order valence-corrected chi connectivity index (χ0v) is 16.1. The first-order chi connectivity index (χ1) is 13.3. The third-order valence-electron chi connectivity index (χ3n) is 6.66. The minimum atomic E-state index is -3.94. The van der Waals surface area contributed by atoms with Crippen LogP contribution in [-0.4, -0.2) is 23.1 Å². The lowest BCUT2D eigenvalue weighted by Crippen LogP contribution is -2.52. The average Bonchev–Trinajstić information content (AvgIpc) is 3.09. The smallest absolute Gasteiger partial charge is 0.264 e. The Labute approximate surface area is 163 Å². The minimum absolute atomic E-state index is 0.0178. The molecular weight excluding hydrogens is 380 g/mol. The molecule has 9 heteroatoms. The van der Waals surface area contributed by atoms with Gasteiger partial charge in [0.15, 0.2) is 5.82 Å². The van der Waals surface area contributed by atoms with E-state index in [1.54, 1.807) is 6.07 Å². The van der Waals surface area contributed by atoms with Crippen molar-refractivity contribution in [3.8, 4) is 0 Å². The largest absolute Gasteiger partial charge is 0.270 e. The number of nitro groups is 1. The van der Waals surface area contributed by atoms with E-state index in [-0.39, 0.29) is 21.9 Å². The fraction of sp³-hybridized carbons (Fsp3) is 0.526. The van der Waals surface area contributed by atoms with E-state index in [9.17, 15) is 18.5 Å². The first-order valence-corrected chi connectivity index (χ1v) is 11.1. The maximum Gasteiger partial charge on any atom is 0.270 e. The number of non-ortho nitro benzene ring substituents is 1. The van der Waals surface area contributed by atoms with Crippen LogP contribution in [0.5, 0.6) is 0 Å². The Bertz CT molecular complexity index is 1010. The molecule has 0 aliphatic heterocycles. The summed E-state index contributed by atoms with van der Waals surface area (Å²) < 4.78 is 29.7. The van der Waals surface area contributed by atoms with E-state index in [0.29, 0.717) is 0 Å². The topological polar surface area (TPSA) is 107 Å². The number of anilines is 1. The number of sulfonamides is 1. The van der Waals surface area contributed by atoms with Crippen molar-refractivity contribution < 1.29 is 13.3 Å². The molecule has 0 radical (unpaired) electrons. The van der Waals surface area contributed by atoms with Crippen molar-refractivity contribution >= 4 is 21.5 Å². The number of rotatable bonds is 5. The van der Waals surface area contributed by atoms with Crippen molar-refractivity contribution in [1.29, 1.82) is 0 Å². The van der Waals surface area contributed by atoms with Crippen LogP contribution in [0.2, 0.25) is 0 Å². The van der Waals surface area contributed by atoms with Crippen molar-refractivity contribution in [1.82, 2.24) is 9.78 Å². The number of aromatic nitrogens is 2. The minimum Gasteiger partial charge on any atom is -0.264 e. The standard InChI is InChI=1S/C19H22N4O4S/c24-23(25)16-2-1-3-17(9-16)28(26,27)21-18-4-5-22(20-18)19-10-13-6-14(11-19)8-15(7-13)12-19/h1-5,9,13-15H,6-8,10-12H2,(H,20,21). The molecular formula is C19H22N4O4S. The molecule has 28 heavy (non-hydrogen) atoms. The predicted octanol–water partition coefficient (Wildman–Crippen LogP) is 3.52. The highest BCUT2D eigenvalue weighted by atomic mass is 32.2. The van der Waals surface area contributed by atoms with Crippen molar-refractivity contribution in [2.75, 3.05) is 4.72 Å². The molecule has 1 aromatic heterocycles. The molecule has 8 nitrogen and oxygen atoms in total. The number of benzene rings is 1. The van der Waals surface area contributed by atoms with Gasteiger partial charge in [0.1, 0.15) is 0 Å². The van der Waals surface area contributed by atoms with Gasteiger partial charge in [-0.1, -0.05) is 6.07 Å². The van der Waals surface area contributed by atoms with Gasteiger partial charge in [0.25, 0.3) is 15.7 Å². The van der Waals surface area contributed by atoms with Gasteiger partial charge in [-0.05, 0) is 62.3 Å². The molecule has 4 fully saturated rings. The van der Waals surface area contributed by atoms with E-state index in [1.165, 1.54) is 37.5 Å². The summed E-state index contributed by atoms with van der Waals surface area (Å²) in [6.07, 6.45) is 9.22. The molecule has 1 N–H and O–H groups in total. The molecule has 0 saturated heterocycles. The zero-order valence-electron chi connectivity index (χ0n) is 15.3. The molecule has 1 heterocycles. The van der Waals surface area contributed by atoms with Crippen LogP contribution in [0.1, 0.15) is 38.5 Å². The third-order valence-corrected chi connectivity index (χ3v) is 8.01. The Balaban J connectivity index is 1.40. The summed E-state index contributed by atoms with van der Waals surface area (Å²) >= 11 is 0. The molecule has 1 aromatic carbocycles. The summed E-state index contributed by atoms with van der Waals surface area (Å²) in [4.78, 5) is 10.2. The van der Waals surface area contributed by atoms with Gasteiger partial charge in [-0.25, -0.2) is 8.42 Å². The maximum absolute atomic E-state index is 12.7. The summed E-state index contributed by atoms with van der Waals surface area (Å²) in [5.74, 6) is 2.55. The molecule has 0 spiro atoms. The lowest BCUT2D eigenvalue weighted by molar-refractivity contribution is -0.385. The van der Waals surface area contributed by atoms with Gasteiger partial charge in [0, 0.05) is 24.4 Å². The Kier molecular flexibility index (Phi) is 3.81. The lowest BCUT2D eigenvalue weighted by atomic mass is 9.53. The van der Waals surface area contributed by atoms with Crippen LogP contribution in [0.4, 0.5) is 11.5 Å². The SMILES string of the molecule is O=[N+]([O-])c1cccc(S(=O)(=O)Nc2ccn(C34CC5CC(CC(C5)C3)C4)n2)c1. The molecule has 148 valence electrons. The van der Waals surface area contributed by atoms with Crippen molar-refractivity contribution in [2.45, 2.75) is 49.0 Å². The van der Waals surface area contributed by atoms with Crippen LogP contribution in [-0.2, 0) is 15.6 Å². The number of hydrogen-bond acceptors (Lipinski definition) is 5. The molecule has 4 saturated carbocycles. The molecule has 4 bridgehead atoms. The average molecular weight is 402 g/mol. The van der Waals surface area contributed by atoms with Gasteiger partial charge in [0.05, 0.1) is 15.4 Å². The van der Waals surface area contributed by atoms with Gasteiger partial charge in [-0.3, -0.25) is 19.5 Å². The van der Waals surface area contributed by atoms with E-state index < -0.39 is 14.9 Å². The predicted molar refractivity (Wildman–Crippen MR) is 102 cm³/mol.